The molecule has 0 saturated heterocycles. The first-order chi connectivity index (χ1) is 12.8. The molecule has 1 N–H and O–H groups in total. The number of rotatable bonds is 3. The molecular weight excluding hydrogens is 350 g/mol. The number of benzene rings is 1. The average Bonchev–Trinajstić information content (AvgIpc) is 2.61. The van der Waals surface area contributed by atoms with Crippen molar-refractivity contribution in [2.45, 2.75) is 45.0 Å². The Balaban J connectivity index is 2.01. The number of allylic oxidation sites excluding steroid dienone is 3. The summed E-state index contributed by atoms with van der Waals surface area (Å²) >= 11 is 0. The second-order valence-corrected chi connectivity index (χ2v) is 13.9. The smallest absolute Gasteiger partial charge is 0.158 e. The molecule has 1 aromatic carbocycles. The third-order valence-electron chi connectivity index (χ3n) is 5.94. The Hall–Kier alpha value is -2.04. The van der Waals surface area contributed by atoms with Crippen LogP contribution in [-0.4, -0.2) is 23.9 Å². The molecule has 0 radical (unpaired) electrons. The summed E-state index contributed by atoms with van der Waals surface area (Å²) in [6, 6.07) is 10.1. The van der Waals surface area contributed by atoms with Gasteiger partial charge in [-0.1, -0.05) is 43.9 Å². The lowest BCUT2D eigenvalue weighted by molar-refractivity contribution is -0.119. The molecule has 3 nitrogen and oxygen atoms in total. The predicted octanol–water partition coefficient (Wildman–Crippen LogP) is 5.08. The highest BCUT2D eigenvalue weighted by atomic mass is 28.3. The number of pyridine rings is 1. The van der Waals surface area contributed by atoms with Gasteiger partial charge in [0.25, 0.3) is 0 Å². The van der Waals surface area contributed by atoms with Gasteiger partial charge in [-0.3, -0.25) is 4.79 Å². The van der Waals surface area contributed by atoms with Gasteiger partial charge in [-0.25, -0.2) is 4.98 Å². The van der Waals surface area contributed by atoms with Crippen LogP contribution < -0.4 is 0 Å². The molecule has 0 saturated carbocycles. The van der Waals surface area contributed by atoms with Crippen molar-refractivity contribution in [2.75, 3.05) is 0 Å². The van der Waals surface area contributed by atoms with E-state index in [1.807, 2.05) is 30.3 Å². The first-order valence-corrected chi connectivity index (χ1v) is 13.3. The van der Waals surface area contributed by atoms with Crippen molar-refractivity contribution in [1.82, 2.24) is 4.98 Å². The molecule has 1 heterocycles. The van der Waals surface area contributed by atoms with Crippen LogP contribution in [0.3, 0.4) is 0 Å². The number of aromatic nitrogens is 1. The van der Waals surface area contributed by atoms with E-state index in [-0.39, 0.29) is 17.6 Å². The van der Waals surface area contributed by atoms with Crippen LogP contribution in [0.15, 0.2) is 48.2 Å². The van der Waals surface area contributed by atoms with Gasteiger partial charge in [-0.2, -0.15) is 0 Å². The zero-order valence-electron chi connectivity index (χ0n) is 16.3. The van der Waals surface area contributed by atoms with Crippen LogP contribution >= 0.6 is 0 Å². The van der Waals surface area contributed by atoms with E-state index < -0.39 is 14.2 Å². The number of Topliss-reactive ketones (excluding diaryl/α,β-unsaturated/α-hetero) is 1. The summed E-state index contributed by atoms with van der Waals surface area (Å²) < 4.78 is 0. The maximum Gasteiger partial charge on any atom is 0.158 e. The Morgan fingerprint density at radius 3 is 2.70 bits per heavy atom. The zero-order valence-corrected chi connectivity index (χ0v) is 17.3. The molecular formula is C23H27NO2Si. The molecule has 0 spiro atoms. The van der Waals surface area contributed by atoms with Crippen molar-refractivity contribution >= 4 is 30.3 Å². The summed E-state index contributed by atoms with van der Waals surface area (Å²) in [4.78, 5) is 18.4. The standard InChI is InChI=1S/C23H27NO2Si/c1-5-8-15-11-16-13-19(25)17-12-14-9-6-7-10-18(14)24-21(17)20(16)23(22(15)26)27(2,3)4/h5-7,9-10,12,15-16,19,25H,1,8,11,13H2,2-4H3. The fraction of sp³-hybridized carbons (Fsp3) is 0.391. The number of nitrogens with zero attached hydrogens (tertiary/aromatic N) is 1. The first kappa shape index (κ1) is 18.3. The van der Waals surface area contributed by atoms with Crippen molar-refractivity contribution in [2.24, 2.45) is 11.8 Å². The van der Waals surface area contributed by atoms with Gasteiger partial charge in [0.05, 0.1) is 25.4 Å². The lowest BCUT2D eigenvalue weighted by Gasteiger charge is -2.41. The molecule has 2 aliphatic carbocycles. The first-order valence-electron chi connectivity index (χ1n) is 9.79. The minimum Gasteiger partial charge on any atom is -0.388 e. The van der Waals surface area contributed by atoms with Crippen LogP contribution in [0.25, 0.3) is 16.5 Å². The lowest BCUT2D eigenvalue weighted by atomic mass is 9.70. The molecule has 0 aliphatic heterocycles. The monoisotopic (exact) mass is 377 g/mol. The molecule has 0 bridgehead atoms. The minimum absolute atomic E-state index is 0.00724. The molecule has 4 heteroatoms. The Morgan fingerprint density at radius 2 is 2.00 bits per heavy atom. The van der Waals surface area contributed by atoms with E-state index >= 15 is 0 Å². The Morgan fingerprint density at radius 1 is 1.26 bits per heavy atom. The third kappa shape index (κ3) is 3.01. The molecule has 0 fully saturated rings. The molecule has 1 aromatic heterocycles. The quantitative estimate of drug-likeness (QED) is 0.599. The van der Waals surface area contributed by atoms with Gasteiger partial charge >= 0.3 is 0 Å². The van der Waals surface area contributed by atoms with Gasteiger partial charge in [-0.15, -0.1) is 6.58 Å². The van der Waals surface area contributed by atoms with E-state index in [9.17, 15) is 9.90 Å². The molecule has 0 amide bonds. The maximum absolute atomic E-state index is 13.4. The summed E-state index contributed by atoms with van der Waals surface area (Å²) in [6.07, 6.45) is 3.52. The van der Waals surface area contributed by atoms with E-state index in [1.165, 1.54) is 0 Å². The lowest BCUT2D eigenvalue weighted by Crippen LogP contribution is -2.41. The predicted molar refractivity (Wildman–Crippen MR) is 113 cm³/mol. The highest BCUT2D eigenvalue weighted by Crippen LogP contribution is 2.50. The van der Waals surface area contributed by atoms with Crippen molar-refractivity contribution in [1.29, 1.82) is 0 Å². The summed E-state index contributed by atoms with van der Waals surface area (Å²) in [5.41, 5.74) is 3.80. The van der Waals surface area contributed by atoms with E-state index in [2.05, 4.69) is 32.3 Å². The molecule has 4 rings (SSSR count). The minimum atomic E-state index is -1.88. The second-order valence-electron chi connectivity index (χ2n) is 8.93. The molecule has 140 valence electrons. The molecule has 2 aliphatic rings. The second kappa shape index (κ2) is 6.53. The van der Waals surface area contributed by atoms with Crippen molar-refractivity contribution < 1.29 is 9.90 Å². The fourth-order valence-corrected chi connectivity index (χ4v) is 6.89. The van der Waals surface area contributed by atoms with Crippen LogP contribution in [0.2, 0.25) is 19.6 Å². The Labute approximate surface area is 161 Å². The molecule has 2 aromatic rings. The number of aliphatic hydroxyl groups is 1. The van der Waals surface area contributed by atoms with Crippen LogP contribution in [0.1, 0.15) is 36.6 Å². The number of hydrogen-bond donors (Lipinski definition) is 1. The molecule has 3 unspecified atom stereocenters. The zero-order chi connectivity index (χ0) is 19.3. The molecule has 27 heavy (non-hydrogen) atoms. The van der Waals surface area contributed by atoms with Gasteiger partial charge in [0, 0.05) is 16.9 Å². The van der Waals surface area contributed by atoms with E-state index in [0.717, 1.165) is 39.4 Å². The summed E-state index contributed by atoms with van der Waals surface area (Å²) in [7, 11) is -1.88. The summed E-state index contributed by atoms with van der Waals surface area (Å²) in [5.74, 6) is 0.482. The number of carbonyl (C=O) groups excluding carboxylic acids is 1. The largest absolute Gasteiger partial charge is 0.388 e. The maximum atomic E-state index is 13.4. The number of ketones is 1. The van der Waals surface area contributed by atoms with Crippen LogP contribution in [0.5, 0.6) is 0 Å². The van der Waals surface area contributed by atoms with E-state index in [0.29, 0.717) is 12.8 Å². The highest BCUT2D eigenvalue weighted by Gasteiger charge is 2.44. The average molecular weight is 378 g/mol. The molecule has 3 atom stereocenters. The number of para-hydroxylation sites is 1. The van der Waals surface area contributed by atoms with Crippen LogP contribution in [0, 0.1) is 11.8 Å². The highest BCUT2D eigenvalue weighted by molar-refractivity contribution is 6.88. The van der Waals surface area contributed by atoms with Crippen LogP contribution in [0.4, 0.5) is 0 Å². The van der Waals surface area contributed by atoms with Gasteiger partial charge in [0.2, 0.25) is 0 Å². The number of fused-ring (bicyclic) bond motifs is 4. The number of aliphatic hydroxyl groups excluding tert-OH is 1. The van der Waals surface area contributed by atoms with Gasteiger partial charge < -0.3 is 5.11 Å². The van der Waals surface area contributed by atoms with E-state index in [1.54, 1.807) is 0 Å². The Bertz CT molecular complexity index is 970. The summed E-state index contributed by atoms with van der Waals surface area (Å²) in [5, 5.41) is 12.9. The topological polar surface area (TPSA) is 50.2 Å². The normalized spacial score (nSPS) is 25.3. The van der Waals surface area contributed by atoms with Crippen molar-refractivity contribution in [3.05, 3.63) is 59.4 Å². The van der Waals surface area contributed by atoms with Crippen LogP contribution in [-0.2, 0) is 4.79 Å². The van der Waals surface area contributed by atoms with Gasteiger partial charge in [-0.05, 0) is 48.1 Å². The Kier molecular flexibility index (Phi) is 4.44. The van der Waals surface area contributed by atoms with Crippen molar-refractivity contribution in [3.8, 4) is 0 Å². The third-order valence-corrected chi connectivity index (χ3v) is 7.96. The summed E-state index contributed by atoms with van der Waals surface area (Å²) in [6.45, 7) is 10.6. The van der Waals surface area contributed by atoms with E-state index in [4.69, 9.17) is 4.98 Å². The number of hydrogen-bond acceptors (Lipinski definition) is 3. The number of carbonyl (C=O) groups is 1. The SMILES string of the molecule is C=CCC1CC2CC(O)c3cc4ccccc4nc3C2=C([Si](C)(C)C)C1=O. The van der Waals surface area contributed by atoms with Gasteiger partial charge in [0.15, 0.2) is 5.78 Å². The van der Waals surface area contributed by atoms with Gasteiger partial charge in [0.1, 0.15) is 0 Å². The van der Waals surface area contributed by atoms with Crippen molar-refractivity contribution in [3.63, 3.8) is 0 Å². The fourth-order valence-electron chi connectivity index (χ4n) is 4.81.